The predicted octanol–water partition coefficient (Wildman–Crippen LogP) is 2.54. The van der Waals surface area contributed by atoms with Crippen LogP contribution in [0.1, 0.15) is 33.1 Å². The second kappa shape index (κ2) is 5.05. The smallest absolute Gasteiger partial charge is 0.309 e. The number of rotatable bonds is 3. The third-order valence-corrected chi connectivity index (χ3v) is 2.72. The van der Waals surface area contributed by atoms with Crippen LogP contribution in [0.5, 0.6) is 0 Å². The SMILES string of the molecule is C/C=C/COC(=O)C1CCCC1C. The first-order valence-electron chi connectivity index (χ1n) is 5.03. The lowest BCUT2D eigenvalue weighted by molar-refractivity contribution is -0.148. The molecule has 0 heterocycles. The third-order valence-electron chi connectivity index (χ3n) is 2.72. The van der Waals surface area contributed by atoms with E-state index in [-0.39, 0.29) is 11.9 Å². The van der Waals surface area contributed by atoms with Gasteiger partial charge in [-0.05, 0) is 25.7 Å². The van der Waals surface area contributed by atoms with Crippen LogP contribution in [0.2, 0.25) is 0 Å². The maximum Gasteiger partial charge on any atom is 0.309 e. The Balaban J connectivity index is 2.30. The molecular weight excluding hydrogens is 164 g/mol. The summed E-state index contributed by atoms with van der Waals surface area (Å²) in [6.07, 6.45) is 7.10. The van der Waals surface area contributed by atoms with E-state index < -0.39 is 0 Å². The lowest BCUT2D eigenvalue weighted by Gasteiger charge is -2.12. The molecule has 2 nitrogen and oxygen atoms in total. The average molecular weight is 182 g/mol. The average Bonchev–Trinajstić information content (AvgIpc) is 2.52. The molecule has 1 aliphatic carbocycles. The van der Waals surface area contributed by atoms with E-state index in [0.717, 1.165) is 6.42 Å². The van der Waals surface area contributed by atoms with Gasteiger partial charge in [0.1, 0.15) is 6.61 Å². The molecule has 2 unspecified atom stereocenters. The molecule has 0 aromatic heterocycles. The number of allylic oxidation sites excluding steroid dienone is 1. The van der Waals surface area contributed by atoms with E-state index >= 15 is 0 Å². The van der Waals surface area contributed by atoms with Gasteiger partial charge in [0.2, 0.25) is 0 Å². The Morgan fingerprint density at radius 2 is 2.31 bits per heavy atom. The van der Waals surface area contributed by atoms with Crippen molar-refractivity contribution in [2.75, 3.05) is 6.61 Å². The van der Waals surface area contributed by atoms with E-state index in [4.69, 9.17) is 4.74 Å². The molecular formula is C11H18O2. The summed E-state index contributed by atoms with van der Waals surface area (Å²) in [5.41, 5.74) is 0. The number of hydrogen-bond donors (Lipinski definition) is 0. The van der Waals surface area contributed by atoms with Crippen LogP contribution in [-0.4, -0.2) is 12.6 Å². The Hall–Kier alpha value is -0.790. The highest BCUT2D eigenvalue weighted by Crippen LogP contribution is 2.31. The lowest BCUT2D eigenvalue weighted by Crippen LogP contribution is -2.19. The van der Waals surface area contributed by atoms with Crippen LogP contribution >= 0.6 is 0 Å². The molecule has 0 radical (unpaired) electrons. The lowest BCUT2D eigenvalue weighted by atomic mass is 9.99. The van der Waals surface area contributed by atoms with Crippen LogP contribution in [0.25, 0.3) is 0 Å². The van der Waals surface area contributed by atoms with Crippen molar-refractivity contribution >= 4 is 5.97 Å². The zero-order valence-electron chi connectivity index (χ0n) is 8.45. The summed E-state index contributed by atoms with van der Waals surface area (Å²) >= 11 is 0. The van der Waals surface area contributed by atoms with Gasteiger partial charge in [-0.1, -0.05) is 25.5 Å². The first kappa shape index (κ1) is 10.3. The number of esters is 1. The second-order valence-electron chi connectivity index (χ2n) is 3.71. The molecule has 74 valence electrons. The fourth-order valence-electron chi connectivity index (χ4n) is 1.83. The molecule has 1 rings (SSSR count). The number of hydrogen-bond acceptors (Lipinski definition) is 2. The molecule has 0 aromatic carbocycles. The van der Waals surface area contributed by atoms with Gasteiger partial charge >= 0.3 is 5.97 Å². The topological polar surface area (TPSA) is 26.3 Å². The maximum atomic E-state index is 11.5. The summed E-state index contributed by atoms with van der Waals surface area (Å²) in [7, 11) is 0. The molecule has 0 amide bonds. The van der Waals surface area contributed by atoms with Crippen molar-refractivity contribution in [1.29, 1.82) is 0 Å². The zero-order chi connectivity index (χ0) is 9.68. The molecule has 2 heteroatoms. The Morgan fingerprint density at radius 3 is 2.85 bits per heavy atom. The monoisotopic (exact) mass is 182 g/mol. The van der Waals surface area contributed by atoms with E-state index in [2.05, 4.69) is 6.92 Å². The van der Waals surface area contributed by atoms with Crippen LogP contribution in [0.15, 0.2) is 12.2 Å². The highest BCUT2D eigenvalue weighted by molar-refractivity contribution is 5.73. The summed E-state index contributed by atoms with van der Waals surface area (Å²) < 4.78 is 5.11. The standard InChI is InChI=1S/C11H18O2/c1-3-4-8-13-11(12)10-7-5-6-9(10)2/h3-4,9-10H,5-8H2,1-2H3/b4-3+. The van der Waals surface area contributed by atoms with E-state index in [1.807, 2.05) is 19.1 Å². The van der Waals surface area contributed by atoms with Crippen molar-refractivity contribution in [3.63, 3.8) is 0 Å². The largest absolute Gasteiger partial charge is 0.461 e. The summed E-state index contributed by atoms with van der Waals surface area (Å²) in [4.78, 5) is 11.5. The molecule has 2 atom stereocenters. The van der Waals surface area contributed by atoms with E-state index in [1.54, 1.807) is 0 Å². The van der Waals surface area contributed by atoms with Gasteiger partial charge in [0.25, 0.3) is 0 Å². The summed E-state index contributed by atoms with van der Waals surface area (Å²) in [5, 5.41) is 0. The number of carbonyl (C=O) groups excluding carboxylic acids is 1. The molecule has 0 spiro atoms. The van der Waals surface area contributed by atoms with Crippen LogP contribution in [0, 0.1) is 11.8 Å². The molecule has 1 aliphatic rings. The third kappa shape index (κ3) is 2.87. The van der Waals surface area contributed by atoms with Crippen LogP contribution < -0.4 is 0 Å². The summed E-state index contributed by atoms with van der Waals surface area (Å²) in [6.45, 7) is 4.49. The van der Waals surface area contributed by atoms with E-state index in [9.17, 15) is 4.79 Å². The van der Waals surface area contributed by atoms with Gasteiger partial charge in [0, 0.05) is 0 Å². The van der Waals surface area contributed by atoms with Crippen molar-refractivity contribution in [2.24, 2.45) is 11.8 Å². The second-order valence-corrected chi connectivity index (χ2v) is 3.71. The van der Waals surface area contributed by atoms with Gasteiger partial charge < -0.3 is 4.74 Å². The Kier molecular flexibility index (Phi) is 4.00. The fourth-order valence-corrected chi connectivity index (χ4v) is 1.83. The van der Waals surface area contributed by atoms with E-state index in [0.29, 0.717) is 12.5 Å². The van der Waals surface area contributed by atoms with Crippen molar-refractivity contribution < 1.29 is 9.53 Å². The van der Waals surface area contributed by atoms with Crippen molar-refractivity contribution in [1.82, 2.24) is 0 Å². The normalized spacial score (nSPS) is 28.2. The molecule has 13 heavy (non-hydrogen) atoms. The molecule has 1 saturated carbocycles. The highest BCUT2D eigenvalue weighted by Gasteiger charge is 2.30. The number of carbonyl (C=O) groups is 1. The first-order valence-corrected chi connectivity index (χ1v) is 5.03. The van der Waals surface area contributed by atoms with Crippen LogP contribution in [-0.2, 0) is 9.53 Å². The molecule has 0 saturated heterocycles. The van der Waals surface area contributed by atoms with Crippen molar-refractivity contribution in [3.8, 4) is 0 Å². The van der Waals surface area contributed by atoms with Gasteiger partial charge in [0.05, 0.1) is 5.92 Å². The predicted molar refractivity (Wildman–Crippen MR) is 52.3 cm³/mol. The van der Waals surface area contributed by atoms with Crippen LogP contribution in [0.4, 0.5) is 0 Å². The Bertz CT molecular complexity index is 196. The highest BCUT2D eigenvalue weighted by atomic mass is 16.5. The van der Waals surface area contributed by atoms with Gasteiger partial charge in [-0.25, -0.2) is 0 Å². The van der Waals surface area contributed by atoms with Crippen molar-refractivity contribution in [3.05, 3.63) is 12.2 Å². The van der Waals surface area contributed by atoms with E-state index in [1.165, 1.54) is 12.8 Å². The quantitative estimate of drug-likeness (QED) is 0.495. The minimum Gasteiger partial charge on any atom is -0.461 e. The van der Waals surface area contributed by atoms with Crippen molar-refractivity contribution in [2.45, 2.75) is 33.1 Å². The Morgan fingerprint density at radius 1 is 1.54 bits per heavy atom. The van der Waals surface area contributed by atoms with Gasteiger partial charge in [-0.15, -0.1) is 0 Å². The fraction of sp³-hybridized carbons (Fsp3) is 0.727. The summed E-state index contributed by atoms with van der Waals surface area (Å²) in [5.74, 6) is 0.659. The van der Waals surface area contributed by atoms with Gasteiger partial charge in [0.15, 0.2) is 0 Å². The van der Waals surface area contributed by atoms with Gasteiger partial charge in [-0.3, -0.25) is 4.79 Å². The molecule has 0 aromatic rings. The van der Waals surface area contributed by atoms with Crippen LogP contribution in [0.3, 0.4) is 0 Å². The minimum absolute atomic E-state index is 0.0110. The molecule has 1 fully saturated rings. The molecule has 0 N–H and O–H groups in total. The maximum absolute atomic E-state index is 11.5. The molecule has 0 aliphatic heterocycles. The summed E-state index contributed by atoms with van der Waals surface area (Å²) in [6, 6.07) is 0. The number of ether oxygens (including phenoxy) is 1. The Labute approximate surface area is 80.0 Å². The zero-order valence-corrected chi connectivity index (χ0v) is 8.45. The minimum atomic E-state index is -0.0110. The van der Waals surface area contributed by atoms with Gasteiger partial charge in [-0.2, -0.15) is 0 Å². The molecule has 0 bridgehead atoms. The first-order chi connectivity index (χ1) is 6.25.